The van der Waals surface area contributed by atoms with Gasteiger partial charge < -0.3 is 10.1 Å². The Bertz CT molecular complexity index is 816. The first-order valence-corrected chi connectivity index (χ1v) is 10.2. The number of amides is 1. The average Bonchev–Trinajstić information content (AvgIpc) is 3.10. The van der Waals surface area contributed by atoms with Crippen LogP contribution in [0.2, 0.25) is 0 Å². The zero-order valence-electron chi connectivity index (χ0n) is 14.2. The number of sulfonamides is 1. The van der Waals surface area contributed by atoms with Crippen LogP contribution in [0.25, 0.3) is 0 Å². The molecule has 0 spiro atoms. The molecule has 0 unspecified atom stereocenters. The van der Waals surface area contributed by atoms with Gasteiger partial charge in [0.25, 0.3) is 10.0 Å². The Hall–Kier alpha value is -1.90. The summed E-state index contributed by atoms with van der Waals surface area (Å²) in [5.74, 6) is 0.401. The van der Waals surface area contributed by atoms with Crippen LogP contribution < -0.4 is 14.8 Å². The number of carbonyl (C=O) groups excluding carboxylic acids is 1. The van der Waals surface area contributed by atoms with Gasteiger partial charge in [-0.1, -0.05) is 19.1 Å². The van der Waals surface area contributed by atoms with Crippen molar-refractivity contribution in [1.82, 2.24) is 10.0 Å². The van der Waals surface area contributed by atoms with Gasteiger partial charge in [0.05, 0.1) is 13.7 Å². The predicted octanol–water partition coefficient (Wildman–Crippen LogP) is 1.96. The van der Waals surface area contributed by atoms with E-state index in [9.17, 15) is 13.2 Å². The summed E-state index contributed by atoms with van der Waals surface area (Å²) in [7, 11) is -2.04. The van der Waals surface area contributed by atoms with Gasteiger partial charge in [-0.05, 0) is 42.7 Å². The fourth-order valence-electron chi connectivity index (χ4n) is 2.16. The molecule has 0 aliphatic heterocycles. The Kier molecular flexibility index (Phi) is 6.98. The van der Waals surface area contributed by atoms with E-state index >= 15 is 0 Å². The molecule has 1 aromatic carbocycles. The van der Waals surface area contributed by atoms with Gasteiger partial charge in [-0.2, -0.15) is 0 Å². The minimum absolute atomic E-state index is 0.230. The molecule has 1 amide bonds. The summed E-state index contributed by atoms with van der Waals surface area (Å²) >= 11 is 1.22. The number of hydrogen-bond acceptors (Lipinski definition) is 5. The second-order valence-corrected chi connectivity index (χ2v) is 8.51. The molecule has 6 nitrogen and oxygen atoms in total. The van der Waals surface area contributed by atoms with E-state index < -0.39 is 10.0 Å². The van der Waals surface area contributed by atoms with Crippen molar-refractivity contribution in [2.24, 2.45) is 0 Å². The zero-order chi connectivity index (χ0) is 18.3. The molecule has 0 atom stereocenters. The molecule has 1 heterocycles. The van der Waals surface area contributed by atoms with Crippen molar-refractivity contribution in [3.05, 3.63) is 46.8 Å². The lowest BCUT2D eigenvalue weighted by molar-refractivity contribution is -0.119. The molecule has 0 radical (unpaired) electrons. The van der Waals surface area contributed by atoms with Gasteiger partial charge >= 0.3 is 0 Å². The van der Waals surface area contributed by atoms with Crippen molar-refractivity contribution >= 4 is 27.3 Å². The topological polar surface area (TPSA) is 84.5 Å². The highest BCUT2D eigenvalue weighted by atomic mass is 32.2. The molecule has 8 heteroatoms. The Balaban J connectivity index is 1.78. The Morgan fingerprint density at radius 1 is 1.24 bits per heavy atom. The largest absolute Gasteiger partial charge is 0.497 e. The Morgan fingerprint density at radius 2 is 2.04 bits per heavy atom. The molecule has 136 valence electrons. The van der Waals surface area contributed by atoms with E-state index in [0.29, 0.717) is 13.0 Å². The van der Waals surface area contributed by atoms with Crippen LogP contribution in [0.5, 0.6) is 5.75 Å². The fourth-order valence-corrected chi connectivity index (χ4v) is 4.48. The number of carbonyl (C=O) groups is 1. The average molecular weight is 383 g/mol. The lowest BCUT2D eigenvalue weighted by Gasteiger charge is -2.08. The molecule has 0 saturated heterocycles. The number of aryl methyl sites for hydroxylation is 1. The highest BCUT2D eigenvalue weighted by Crippen LogP contribution is 2.21. The number of nitrogens with one attached hydrogen (secondary N) is 2. The number of rotatable bonds is 9. The number of benzene rings is 1. The highest BCUT2D eigenvalue weighted by molar-refractivity contribution is 7.91. The van der Waals surface area contributed by atoms with Gasteiger partial charge in [-0.25, -0.2) is 13.1 Å². The monoisotopic (exact) mass is 382 g/mol. The molecule has 25 heavy (non-hydrogen) atoms. The first-order chi connectivity index (χ1) is 11.9. The van der Waals surface area contributed by atoms with E-state index in [1.54, 1.807) is 19.2 Å². The highest BCUT2D eigenvalue weighted by Gasteiger charge is 2.17. The third kappa shape index (κ3) is 5.84. The minimum Gasteiger partial charge on any atom is -0.497 e. The quantitative estimate of drug-likeness (QED) is 0.694. The van der Waals surface area contributed by atoms with Gasteiger partial charge in [0.1, 0.15) is 9.96 Å². The summed E-state index contributed by atoms with van der Waals surface area (Å²) in [5.41, 5.74) is 1.03. The van der Waals surface area contributed by atoms with E-state index in [1.165, 1.54) is 11.3 Å². The minimum atomic E-state index is -3.64. The molecule has 2 aromatic rings. The van der Waals surface area contributed by atoms with Gasteiger partial charge in [-0.15, -0.1) is 11.3 Å². The van der Waals surface area contributed by atoms with Crippen LogP contribution in [0.3, 0.4) is 0 Å². The first-order valence-electron chi connectivity index (χ1n) is 7.92. The maximum atomic E-state index is 12.1. The van der Waals surface area contributed by atoms with Crippen molar-refractivity contribution in [2.45, 2.75) is 24.0 Å². The molecule has 0 aliphatic carbocycles. The van der Waals surface area contributed by atoms with Gasteiger partial charge in [0.2, 0.25) is 5.91 Å². The third-order valence-electron chi connectivity index (χ3n) is 3.54. The van der Waals surface area contributed by atoms with Gasteiger partial charge in [-0.3, -0.25) is 4.79 Å². The van der Waals surface area contributed by atoms with Crippen LogP contribution in [-0.4, -0.2) is 34.5 Å². The molecule has 0 aliphatic rings. The van der Waals surface area contributed by atoms with Gasteiger partial charge in [0.15, 0.2) is 0 Å². The van der Waals surface area contributed by atoms with Crippen molar-refractivity contribution in [2.75, 3.05) is 20.2 Å². The lowest BCUT2D eigenvalue weighted by atomic mass is 10.1. The van der Waals surface area contributed by atoms with E-state index in [-0.39, 0.29) is 16.7 Å². The van der Waals surface area contributed by atoms with Crippen LogP contribution >= 0.6 is 11.3 Å². The molecule has 0 saturated carbocycles. The van der Waals surface area contributed by atoms with Crippen molar-refractivity contribution < 1.29 is 17.9 Å². The first kappa shape index (κ1) is 19.4. The smallest absolute Gasteiger partial charge is 0.250 e. The van der Waals surface area contributed by atoms with Crippen LogP contribution in [0.4, 0.5) is 0 Å². The maximum absolute atomic E-state index is 12.1. The number of ether oxygens (including phenoxy) is 1. The van der Waals surface area contributed by atoms with E-state index in [2.05, 4.69) is 10.0 Å². The fraction of sp³-hybridized carbons (Fsp3) is 0.353. The van der Waals surface area contributed by atoms with E-state index in [0.717, 1.165) is 22.6 Å². The van der Waals surface area contributed by atoms with Gasteiger partial charge in [0, 0.05) is 11.4 Å². The summed E-state index contributed by atoms with van der Waals surface area (Å²) < 4.78 is 32.0. The molecular formula is C17H22N2O4S2. The molecule has 0 fully saturated rings. The predicted molar refractivity (Wildman–Crippen MR) is 98.6 cm³/mol. The molecule has 2 rings (SSSR count). The standard InChI is InChI=1S/C17H22N2O4S2/c1-3-15-7-8-17(24-15)25(21,22)19-12-16(20)18-10-9-13-5-4-6-14(11-13)23-2/h4-8,11,19H,3,9-10,12H2,1-2H3,(H,18,20). The molecular weight excluding hydrogens is 360 g/mol. The molecule has 1 aromatic heterocycles. The molecule has 2 N–H and O–H groups in total. The van der Waals surface area contributed by atoms with E-state index in [1.807, 2.05) is 31.2 Å². The third-order valence-corrected chi connectivity index (χ3v) is 6.67. The summed E-state index contributed by atoms with van der Waals surface area (Å²) in [6, 6.07) is 10.9. The number of methoxy groups -OCH3 is 1. The van der Waals surface area contributed by atoms with Crippen molar-refractivity contribution in [1.29, 1.82) is 0 Å². The Labute approximate surface area is 152 Å². The SMILES string of the molecule is CCc1ccc(S(=O)(=O)NCC(=O)NCCc2cccc(OC)c2)s1. The maximum Gasteiger partial charge on any atom is 0.250 e. The number of thiophene rings is 1. The summed E-state index contributed by atoms with van der Waals surface area (Å²) in [5, 5.41) is 2.71. The summed E-state index contributed by atoms with van der Waals surface area (Å²) in [4.78, 5) is 12.8. The zero-order valence-corrected chi connectivity index (χ0v) is 15.9. The summed E-state index contributed by atoms with van der Waals surface area (Å²) in [6.45, 7) is 2.11. The van der Waals surface area contributed by atoms with E-state index in [4.69, 9.17) is 4.74 Å². The Morgan fingerprint density at radius 3 is 2.72 bits per heavy atom. The number of hydrogen-bond donors (Lipinski definition) is 2. The van der Waals surface area contributed by atoms with Crippen LogP contribution in [0, 0.1) is 0 Å². The normalized spacial score (nSPS) is 11.3. The van der Waals surface area contributed by atoms with Crippen LogP contribution in [0.15, 0.2) is 40.6 Å². The van der Waals surface area contributed by atoms with Crippen molar-refractivity contribution in [3.63, 3.8) is 0 Å². The second-order valence-electron chi connectivity index (χ2n) is 5.35. The van der Waals surface area contributed by atoms with Crippen LogP contribution in [-0.2, 0) is 27.7 Å². The lowest BCUT2D eigenvalue weighted by Crippen LogP contribution is -2.37. The summed E-state index contributed by atoms with van der Waals surface area (Å²) in [6.07, 6.45) is 1.42. The molecule has 0 bridgehead atoms. The van der Waals surface area contributed by atoms with Crippen LogP contribution in [0.1, 0.15) is 17.4 Å². The van der Waals surface area contributed by atoms with Crippen molar-refractivity contribution in [3.8, 4) is 5.75 Å². The second kappa shape index (κ2) is 8.98.